The van der Waals surface area contributed by atoms with Gasteiger partial charge in [-0.15, -0.1) is 0 Å². The highest BCUT2D eigenvalue weighted by Gasteiger charge is 2.50. The zero-order chi connectivity index (χ0) is 25.4. The molecule has 1 saturated heterocycles. The molecule has 2 heterocycles. The molecule has 1 fully saturated rings. The van der Waals surface area contributed by atoms with Crippen molar-refractivity contribution in [2.75, 3.05) is 37.6 Å². The van der Waals surface area contributed by atoms with Gasteiger partial charge in [-0.2, -0.15) is 11.8 Å². The van der Waals surface area contributed by atoms with Crippen LogP contribution in [0.25, 0.3) is 0 Å². The van der Waals surface area contributed by atoms with Crippen LogP contribution >= 0.6 is 11.8 Å². The quantitative estimate of drug-likeness (QED) is 0.175. The molecule has 0 aliphatic carbocycles. The molecule has 1 aliphatic rings. The summed E-state index contributed by atoms with van der Waals surface area (Å²) in [4.78, 5) is 59.3. The maximum atomic E-state index is 13.2. The molecular weight excluding hydrogens is 462 g/mol. The van der Waals surface area contributed by atoms with E-state index in [4.69, 9.17) is 9.47 Å². The number of nitrogens with one attached hydrogen (secondary N) is 3. The van der Waals surface area contributed by atoms with Gasteiger partial charge >= 0.3 is 0 Å². The van der Waals surface area contributed by atoms with E-state index >= 15 is 0 Å². The maximum Gasteiger partial charge on any atom is 0.256 e. The van der Waals surface area contributed by atoms with Crippen molar-refractivity contribution in [2.45, 2.75) is 50.4 Å². The van der Waals surface area contributed by atoms with Gasteiger partial charge in [-0.3, -0.25) is 19.4 Å². The zero-order valence-corrected chi connectivity index (χ0v) is 20.9. The highest BCUT2D eigenvalue weighted by molar-refractivity contribution is 7.98. The van der Waals surface area contributed by atoms with Gasteiger partial charge in [0.05, 0.1) is 25.5 Å². The van der Waals surface area contributed by atoms with Gasteiger partial charge in [-0.05, 0) is 25.5 Å². The Bertz CT molecular complexity index is 867. The molecule has 188 valence electrons. The Morgan fingerprint density at radius 2 is 2.00 bits per heavy atom. The molecule has 0 radical (unpaired) electrons. The van der Waals surface area contributed by atoms with Crippen LogP contribution in [0.2, 0.25) is 0 Å². The van der Waals surface area contributed by atoms with Gasteiger partial charge in [-0.1, -0.05) is 13.8 Å². The van der Waals surface area contributed by atoms with Crippen LogP contribution in [0.3, 0.4) is 0 Å². The number of ketones is 1. The lowest BCUT2D eigenvalue weighted by molar-refractivity contribution is -0.136. The number of thioether (sulfide) groups is 1. The number of anilines is 1. The van der Waals surface area contributed by atoms with Crippen molar-refractivity contribution >= 4 is 41.5 Å². The predicted octanol–water partition coefficient (Wildman–Crippen LogP) is 0.209. The lowest BCUT2D eigenvalue weighted by Crippen LogP contribution is -2.62. The molecular formula is C22H33N5O6S. The molecule has 2 amide bonds. The van der Waals surface area contributed by atoms with Crippen LogP contribution in [-0.4, -0.2) is 89.4 Å². The van der Waals surface area contributed by atoms with Gasteiger partial charge in [0.1, 0.15) is 17.5 Å². The monoisotopic (exact) mass is 495 g/mol. The smallest absolute Gasteiger partial charge is 0.256 e. The van der Waals surface area contributed by atoms with E-state index in [1.165, 1.54) is 37.5 Å². The van der Waals surface area contributed by atoms with Gasteiger partial charge < -0.3 is 30.2 Å². The number of Topliss-reactive ketones (excluding diaryl/α,β-unsaturated/α-hetero) is 1. The number of carbonyl (C=O) groups is 4. The molecule has 1 aromatic rings. The minimum Gasteiger partial charge on any atom is -0.381 e. The van der Waals surface area contributed by atoms with Gasteiger partial charge in [0.2, 0.25) is 5.91 Å². The van der Waals surface area contributed by atoms with Gasteiger partial charge in [0.25, 0.3) is 5.91 Å². The number of carbonyl (C=O) groups excluding carboxylic acids is 4. The molecule has 1 aromatic heterocycles. The number of nitrogens with zero attached hydrogens (tertiary/aromatic N) is 2. The number of epoxide rings is 1. The van der Waals surface area contributed by atoms with Crippen molar-refractivity contribution in [1.29, 1.82) is 0 Å². The largest absolute Gasteiger partial charge is 0.381 e. The lowest BCUT2D eigenvalue weighted by Gasteiger charge is -2.30. The fraction of sp³-hybridized carbons (Fsp3) is 0.636. The summed E-state index contributed by atoms with van der Waals surface area (Å²) in [7, 11) is 1.35. The van der Waals surface area contributed by atoms with E-state index in [1.54, 1.807) is 13.2 Å². The van der Waals surface area contributed by atoms with Crippen molar-refractivity contribution in [3.8, 4) is 0 Å². The van der Waals surface area contributed by atoms with Crippen molar-refractivity contribution < 1.29 is 28.7 Å². The first kappa shape index (κ1) is 27.7. The summed E-state index contributed by atoms with van der Waals surface area (Å²) in [5, 5.41) is 8.16. The predicted molar refractivity (Wildman–Crippen MR) is 127 cm³/mol. The van der Waals surface area contributed by atoms with Crippen LogP contribution in [0.1, 0.15) is 27.2 Å². The van der Waals surface area contributed by atoms with Gasteiger partial charge in [0.15, 0.2) is 17.6 Å². The standard InChI is InChI=1S/C22H33N5O6S/c1-14(2)8-15(18(29)21(3)12-33-21)25-19(30)16(10-34-5)26-20(31)22(11-28,13-32-4)27-17-9-23-6-7-24-17/h6-7,9,11,14-16H,8,10,12-13H2,1-5H3,(H,24,27)(H,25,30)(H,26,31)/t15?,16?,21?,22-/m0/s1. The molecule has 0 spiro atoms. The van der Waals surface area contributed by atoms with E-state index in [0.29, 0.717) is 19.3 Å². The summed E-state index contributed by atoms with van der Waals surface area (Å²) in [6.45, 7) is 5.60. The average molecular weight is 496 g/mol. The summed E-state index contributed by atoms with van der Waals surface area (Å²) in [6, 6.07) is -1.76. The van der Waals surface area contributed by atoms with Gasteiger partial charge in [0, 0.05) is 25.3 Å². The molecule has 2 rings (SSSR count). The second-order valence-corrected chi connectivity index (χ2v) is 9.70. The number of rotatable bonds is 15. The molecule has 11 nitrogen and oxygen atoms in total. The fourth-order valence-electron chi connectivity index (χ4n) is 3.33. The van der Waals surface area contributed by atoms with Crippen LogP contribution in [0.5, 0.6) is 0 Å². The van der Waals surface area contributed by atoms with Crippen LogP contribution in [0, 0.1) is 5.92 Å². The minimum atomic E-state index is -1.84. The summed E-state index contributed by atoms with van der Waals surface area (Å²) in [5.41, 5.74) is -2.74. The van der Waals surface area contributed by atoms with Crippen molar-refractivity contribution in [2.24, 2.45) is 5.92 Å². The van der Waals surface area contributed by atoms with E-state index in [9.17, 15) is 19.2 Å². The van der Waals surface area contributed by atoms with Gasteiger partial charge in [-0.25, -0.2) is 4.98 Å². The second-order valence-electron chi connectivity index (χ2n) is 8.79. The molecule has 3 unspecified atom stereocenters. The number of aromatic nitrogens is 2. The highest BCUT2D eigenvalue weighted by Crippen LogP contribution is 2.29. The summed E-state index contributed by atoms with van der Waals surface area (Å²) < 4.78 is 10.4. The van der Waals surface area contributed by atoms with E-state index in [1.807, 2.05) is 13.8 Å². The fourth-order valence-corrected chi connectivity index (χ4v) is 3.89. The number of hydrogen-bond acceptors (Lipinski definition) is 10. The number of ether oxygens (including phenoxy) is 2. The molecule has 3 N–H and O–H groups in total. The van der Waals surface area contributed by atoms with E-state index in [2.05, 4.69) is 25.9 Å². The van der Waals surface area contributed by atoms with Crippen LogP contribution in [-0.2, 0) is 28.7 Å². The third kappa shape index (κ3) is 7.21. The minimum absolute atomic E-state index is 0.144. The molecule has 0 aromatic carbocycles. The Balaban J connectivity index is 2.20. The Kier molecular flexibility index (Phi) is 9.95. The molecule has 4 atom stereocenters. The zero-order valence-electron chi connectivity index (χ0n) is 20.1. The van der Waals surface area contributed by atoms with E-state index in [-0.39, 0.29) is 29.9 Å². The second kappa shape index (κ2) is 12.2. The van der Waals surface area contributed by atoms with E-state index < -0.39 is 35.0 Å². The molecule has 34 heavy (non-hydrogen) atoms. The van der Waals surface area contributed by atoms with Crippen molar-refractivity contribution in [1.82, 2.24) is 20.6 Å². The third-order valence-corrected chi connectivity index (χ3v) is 5.95. The average Bonchev–Trinajstić information content (AvgIpc) is 3.56. The number of amides is 2. The van der Waals surface area contributed by atoms with Crippen molar-refractivity contribution in [3.05, 3.63) is 18.6 Å². The summed E-state index contributed by atoms with van der Waals surface area (Å²) in [5.74, 6) is -0.939. The first-order valence-corrected chi connectivity index (χ1v) is 12.3. The number of aldehydes is 1. The first-order chi connectivity index (χ1) is 16.1. The Labute approximate surface area is 203 Å². The molecule has 0 bridgehead atoms. The normalized spacial score (nSPS) is 20.5. The highest BCUT2D eigenvalue weighted by atomic mass is 32.2. The summed E-state index contributed by atoms with van der Waals surface area (Å²) >= 11 is 1.34. The number of hydrogen-bond donors (Lipinski definition) is 3. The van der Waals surface area contributed by atoms with Crippen LogP contribution in [0.4, 0.5) is 5.82 Å². The first-order valence-electron chi connectivity index (χ1n) is 10.9. The maximum absolute atomic E-state index is 13.2. The molecule has 0 saturated carbocycles. The van der Waals surface area contributed by atoms with Crippen LogP contribution < -0.4 is 16.0 Å². The third-order valence-electron chi connectivity index (χ3n) is 5.29. The van der Waals surface area contributed by atoms with E-state index in [0.717, 1.165) is 0 Å². The Morgan fingerprint density at radius 1 is 1.29 bits per heavy atom. The molecule has 1 aliphatic heterocycles. The SMILES string of the molecule is COC[C@](C=O)(Nc1cnccn1)C(=O)NC(CSC)C(=O)NC(CC(C)C)C(=O)C1(C)CO1. The van der Waals surface area contributed by atoms with Crippen molar-refractivity contribution in [3.63, 3.8) is 0 Å². The molecule has 12 heteroatoms. The van der Waals surface area contributed by atoms with Crippen LogP contribution in [0.15, 0.2) is 18.6 Å². The topological polar surface area (TPSA) is 152 Å². The Hall–Kier alpha value is -2.57. The lowest BCUT2D eigenvalue weighted by atomic mass is 9.93. The number of methoxy groups -OCH3 is 1. The Morgan fingerprint density at radius 3 is 2.50 bits per heavy atom. The summed E-state index contributed by atoms with van der Waals surface area (Å²) in [6.07, 6.45) is 6.83.